The van der Waals surface area contributed by atoms with Crippen molar-refractivity contribution in [2.24, 2.45) is 0 Å². The van der Waals surface area contributed by atoms with Gasteiger partial charge in [-0.1, -0.05) is 0 Å². The summed E-state index contributed by atoms with van der Waals surface area (Å²) in [4.78, 5) is 27.3. The SMILES string of the molecule is CCn1nc(C)c(-c2cc(=O)[nH]c(=O)[nH]2)c1C. The molecule has 2 aromatic rings. The van der Waals surface area contributed by atoms with E-state index < -0.39 is 11.2 Å². The van der Waals surface area contributed by atoms with Crippen molar-refractivity contribution < 1.29 is 0 Å². The van der Waals surface area contributed by atoms with Gasteiger partial charge in [-0.15, -0.1) is 0 Å². The van der Waals surface area contributed by atoms with Crippen molar-refractivity contribution in [3.05, 3.63) is 38.3 Å². The Labute approximate surface area is 97.3 Å². The molecule has 6 heteroatoms. The average molecular weight is 234 g/mol. The van der Waals surface area contributed by atoms with E-state index in [0.29, 0.717) is 5.69 Å². The lowest BCUT2D eigenvalue weighted by Gasteiger charge is -2.02. The molecule has 0 saturated carbocycles. The summed E-state index contributed by atoms with van der Waals surface area (Å²) in [6, 6.07) is 1.37. The Kier molecular flexibility index (Phi) is 2.71. The highest BCUT2D eigenvalue weighted by Crippen LogP contribution is 2.23. The minimum absolute atomic E-state index is 0.410. The number of nitrogens with zero attached hydrogens (tertiary/aromatic N) is 2. The fourth-order valence-electron chi connectivity index (χ4n) is 2.00. The molecule has 0 amide bonds. The van der Waals surface area contributed by atoms with E-state index in [1.54, 1.807) is 0 Å². The molecule has 17 heavy (non-hydrogen) atoms. The summed E-state index contributed by atoms with van der Waals surface area (Å²) in [5.74, 6) is 0. The van der Waals surface area contributed by atoms with Crippen molar-refractivity contribution in [2.45, 2.75) is 27.3 Å². The fourth-order valence-corrected chi connectivity index (χ4v) is 2.00. The fraction of sp³-hybridized carbons (Fsp3) is 0.364. The van der Waals surface area contributed by atoms with Crippen LogP contribution in [0.25, 0.3) is 11.3 Å². The van der Waals surface area contributed by atoms with Crippen LogP contribution in [0.1, 0.15) is 18.3 Å². The quantitative estimate of drug-likeness (QED) is 0.796. The molecule has 0 aliphatic rings. The Bertz CT molecular complexity index is 635. The topological polar surface area (TPSA) is 83.5 Å². The van der Waals surface area contributed by atoms with Crippen molar-refractivity contribution in [3.8, 4) is 11.3 Å². The maximum absolute atomic E-state index is 11.3. The smallest absolute Gasteiger partial charge is 0.307 e. The van der Waals surface area contributed by atoms with Crippen molar-refractivity contribution in [2.75, 3.05) is 0 Å². The molecule has 0 atom stereocenters. The lowest BCUT2D eigenvalue weighted by atomic mass is 10.1. The second-order valence-corrected chi connectivity index (χ2v) is 3.86. The van der Waals surface area contributed by atoms with Gasteiger partial charge in [0, 0.05) is 23.9 Å². The van der Waals surface area contributed by atoms with E-state index in [0.717, 1.165) is 23.5 Å². The first-order valence-corrected chi connectivity index (χ1v) is 5.41. The summed E-state index contributed by atoms with van der Waals surface area (Å²) in [5.41, 5.74) is 2.14. The van der Waals surface area contributed by atoms with E-state index in [1.165, 1.54) is 6.07 Å². The molecule has 0 unspecified atom stereocenters. The van der Waals surface area contributed by atoms with Gasteiger partial charge in [-0.2, -0.15) is 5.10 Å². The van der Waals surface area contributed by atoms with Crippen molar-refractivity contribution >= 4 is 0 Å². The molecule has 0 aliphatic carbocycles. The molecule has 0 bridgehead atoms. The Hall–Kier alpha value is -2.11. The monoisotopic (exact) mass is 234 g/mol. The van der Waals surface area contributed by atoms with E-state index in [9.17, 15) is 9.59 Å². The second kappa shape index (κ2) is 4.04. The van der Waals surface area contributed by atoms with E-state index in [2.05, 4.69) is 15.1 Å². The number of rotatable bonds is 2. The lowest BCUT2D eigenvalue weighted by molar-refractivity contribution is 0.634. The second-order valence-electron chi connectivity index (χ2n) is 3.86. The number of aromatic amines is 2. The van der Waals surface area contributed by atoms with Gasteiger partial charge in [0.2, 0.25) is 0 Å². The van der Waals surface area contributed by atoms with E-state index in [-0.39, 0.29) is 0 Å². The van der Waals surface area contributed by atoms with Gasteiger partial charge in [-0.3, -0.25) is 14.5 Å². The Balaban J connectivity index is 2.72. The van der Waals surface area contributed by atoms with Gasteiger partial charge < -0.3 is 4.98 Å². The van der Waals surface area contributed by atoms with Crippen LogP contribution >= 0.6 is 0 Å². The normalized spacial score (nSPS) is 10.8. The number of nitrogens with one attached hydrogen (secondary N) is 2. The first-order chi connectivity index (χ1) is 8.02. The van der Waals surface area contributed by atoms with Crippen LogP contribution in [0.3, 0.4) is 0 Å². The van der Waals surface area contributed by atoms with Gasteiger partial charge in [0.05, 0.1) is 11.4 Å². The van der Waals surface area contributed by atoms with Crippen molar-refractivity contribution in [1.29, 1.82) is 0 Å². The molecule has 0 fully saturated rings. The lowest BCUT2D eigenvalue weighted by Crippen LogP contribution is -2.21. The van der Waals surface area contributed by atoms with Crippen LogP contribution in [0.2, 0.25) is 0 Å². The number of hydrogen-bond donors (Lipinski definition) is 2. The highest BCUT2D eigenvalue weighted by molar-refractivity contribution is 5.64. The molecule has 6 nitrogen and oxygen atoms in total. The number of H-pyrrole nitrogens is 2. The third kappa shape index (κ3) is 1.93. The van der Waals surface area contributed by atoms with Crippen LogP contribution in [-0.2, 0) is 6.54 Å². The predicted octanol–water partition coefficient (Wildman–Crippen LogP) is 0.563. The van der Waals surface area contributed by atoms with Crippen molar-refractivity contribution in [3.63, 3.8) is 0 Å². The highest BCUT2D eigenvalue weighted by Gasteiger charge is 2.13. The first kappa shape index (κ1) is 11.4. The third-order valence-electron chi connectivity index (χ3n) is 2.71. The van der Waals surface area contributed by atoms with Crippen LogP contribution in [0.4, 0.5) is 0 Å². The van der Waals surface area contributed by atoms with E-state index in [4.69, 9.17) is 0 Å². The maximum Gasteiger partial charge on any atom is 0.326 e. The van der Waals surface area contributed by atoms with Crippen LogP contribution < -0.4 is 11.2 Å². The van der Waals surface area contributed by atoms with Gasteiger partial charge >= 0.3 is 5.69 Å². The summed E-state index contributed by atoms with van der Waals surface area (Å²) in [5, 5.41) is 4.35. The van der Waals surface area contributed by atoms with Gasteiger partial charge in [0.15, 0.2) is 0 Å². The molecule has 2 heterocycles. The molecule has 0 spiro atoms. The number of aryl methyl sites for hydroxylation is 2. The van der Waals surface area contributed by atoms with Gasteiger partial charge in [0.25, 0.3) is 5.56 Å². The highest BCUT2D eigenvalue weighted by atomic mass is 16.2. The minimum atomic E-state index is -0.504. The Morgan fingerprint density at radius 3 is 2.53 bits per heavy atom. The van der Waals surface area contributed by atoms with Crippen LogP contribution in [0.5, 0.6) is 0 Å². The molecule has 90 valence electrons. The molecule has 0 aliphatic heterocycles. The Morgan fingerprint density at radius 1 is 1.29 bits per heavy atom. The maximum atomic E-state index is 11.3. The zero-order valence-corrected chi connectivity index (χ0v) is 10.00. The van der Waals surface area contributed by atoms with E-state index >= 15 is 0 Å². The molecule has 2 N–H and O–H groups in total. The Morgan fingerprint density at radius 2 is 2.00 bits per heavy atom. The van der Waals surface area contributed by atoms with Gasteiger partial charge in [-0.05, 0) is 20.8 Å². The van der Waals surface area contributed by atoms with Gasteiger partial charge in [0.1, 0.15) is 0 Å². The molecule has 2 aromatic heterocycles. The van der Waals surface area contributed by atoms with Crippen molar-refractivity contribution in [1.82, 2.24) is 19.7 Å². The summed E-state index contributed by atoms with van der Waals surface area (Å²) >= 11 is 0. The first-order valence-electron chi connectivity index (χ1n) is 5.41. The van der Waals surface area contributed by atoms with Crippen LogP contribution in [0.15, 0.2) is 15.7 Å². The standard InChI is InChI=1S/C11H14N4O2/c1-4-15-7(3)10(6(2)14-15)8-5-9(16)13-11(17)12-8/h5H,4H2,1-3H3,(H2,12,13,16,17). The predicted molar refractivity (Wildman–Crippen MR) is 64.1 cm³/mol. The van der Waals surface area contributed by atoms with Crippen LogP contribution in [-0.4, -0.2) is 19.7 Å². The summed E-state index contributed by atoms with van der Waals surface area (Å²) in [6.07, 6.45) is 0. The zero-order valence-electron chi connectivity index (χ0n) is 10.00. The minimum Gasteiger partial charge on any atom is -0.307 e. The summed E-state index contributed by atoms with van der Waals surface area (Å²) in [6.45, 7) is 6.51. The summed E-state index contributed by atoms with van der Waals surface area (Å²) < 4.78 is 1.84. The zero-order chi connectivity index (χ0) is 12.6. The molecule has 2 rings (SSSR count). The van der Waals surface area contributed by atoms with Crippen LogP contribution in [0, 0.1) is 13.8 Å². The number of aromatic nitrogens is 4. The summed E-state index contributed by atoms with van der Waals surface area (Å²) in [7, 11) is 0. The molecule has 0 radical (unpaired) electrons. The molecule has 0 aromatic carbocycles. The van der Waals surface area contributed by atoms with E-state index in [1.807, 2.05) is 25.5 Å². The van der Waals surface area contributed by atoms with Gasteiger partial charge in [-0.25, -0.2) is 4.79 Å². The largest absolute Gasteiger partial charge is 0.326 e. The molecule has 0 saturated heterocycles. The average Bonchev–Trinajstić information content (AvgIpc) is 2.52. The number of hydrogen-bond acceptors (Lipinski definition) is 3. The molecular weight excluding hydrogens is 220 g/mol. The molecular formula is C11H14N4O2. The third-order valence-corrected chi connectivity index (χ3v) is 2.71.